The molecule has 128 valence electrons. The van der Waals surface area contributed by atoms with Gasteiger partial charge < -0.3 is 5.11 Å². The first kappa shape index (κ1) is 17.1. The lowest BCUT2D eigenvalue weighted by atomic mass is 10.1. The average molecular weight is 364 g/mol. The van der Waals surface area contributed by atoms with Crippen molar-refractivity contribution in [2.75, 3.05) is 4.90 Å². The Morgan fingerprint density at radius 1 is 1.08 bits per heavy atom. The maximum absolute atomic E-state index is 13.2. The van der Waals surface area contributed by atoms with E-state index in [1.807, 2.05) is 0 Å². The minimum Gasteiger partial charge on any atom is -0.507 e. The lowest BCUT2D eigenvalue weighted by Gasteiger charge is -2.19. The summed E-state index contributed by atoms with van der Waals surface area (Å²) in [6.45, 7) is 0. The van der Waals surface area contributed by atoms with Gasteiger partial charge in [-0.3, -0.25) is 15.1 Å². The van der Waals surface area contributed by atoms with Crippen LogP contribution in [0, 0.1) is 5.41 Å². The van der Waals surface area contributed by atoms with Crippen LogP contribution < -0.4 is 4.90 Å². The van der Waals surface area contributed by atoms with Crippen molar-refractivity contribution in [3.63, 3.8) is 0 Å². The van der Waals surface area contributed by atoms with Crippen molar-refractivity contribution >= 4 is 34.6 Å². The van der Waals surface area contributed by atoms with Crippen LogP contribution in [0.2, 0.25) is 0 Å². The molecule has 1 aliphatic heterocycles. The number of anilines is 1. The average Bonchev–Trinajstić information content (AvgIpc) is 2.83. The number of hydrogen-bond donors (Lipinski definition) is 2. The van der Waals surface area contributed by atoms with Gasteiger partial charge in [-0.15, -0.1) is 0 Å². The number of amidine groups is 1. The fourth-order valence-electron chi connectivity index (χ4n) is 2.37. The molecule has 0 radical (unpaired) electrons. The van der Waals surface area contributed by atoms with Crippen LogP contribution in [-0.2, 0) is 11.0 Å². The van der Waals surface area contributed by atoms with Gasteiger partial charge in [-0.25, -0.2) is 0 Å². The molecule has 1 heterocycles. The summed E-state index contributed by atoms with van der Waals surface area (Å²) in [6, 6.07) is 10.9. The first-order chi connectivity index (χ1) is 11.8. The topological polar surface area (TPSA) is 64.4 Å². The predicted molar refractivity (Wildman–Crippen MR) is 90.3 cm³/mol. The van der Waals surface area contributed by atoms with E-state index < -0.39 is 23.3 Å². The van der Waals surface area contributed by atoms with E-state index in [9.17, 15) is 23.1 Å². The zero-order chi connectivity index (χ0) is 18.2. The Labute approximate surface area is 145 Å². The molecule has 0 unspecified atom stereocenters. The number of halogens is 3. The van der Waals surface area contributed by atoms with Crippen LogP contribution in [-0.4, -0.2) is 16.2 Å². The second-order valence-electron chi connectivity index (χ2n) is 5.13. The highest BCUT2D eigenvalue weighted by molar-refractivity contribution is 8.19. The Hall–Kier alpha value is -2.74. The van der Waals surface area contributed by atoms with Crippen LogP contribution in [0.1, 0.15) is 11.1 Å². The van der Waals surface area contributed by atoms with Crippen molar-refractivity contribution in [1.82, 2.24) is 0 Å². The number of carbonyl (C=O) groups excluding carboxylic acids is 1. The van der Waals surface area contributed by atoms with Crippen LogP contribution in [0.3, 0.4) is 0 Å². The van der Waals surface area contributed by atoms with Gasteiger partial charge >= 0.3 is 6.18 Å². The van der Waals surface area contributed by atoms with Gasteiger partial charge in [0.05, 0.1) is 16.2 Å². The summed E-state index contributed by atoms with van der Waals surface area (Å²) < 4.78 is 39.6. The summed E-state index contributed by atoms with van der Waals surface area (Å²) in [5, 5.41) is 17.4. The van der Waals surface area contributed by atoms with Gasteiger partial charge in [0.2, 0.25) is 0 Å². The lowest BCUT2D eigenvalue weighted by Crippen LogP contribution is -2.30. The van der Waals surface area contributed by atoms with E-state index in [0.717, 1.165) is 28.8 Å². The van der Waals surface area contributed by atoms with Crippen molar-refractivity contribution in [3.8, 4) is 5.75 Å². The van der Waals surface area contributed by atoms with Crippen molar-refractivity contribution in [3.05, 3.63) is 64.6 Å². The number of thioether (sulfide) groups is 1. The molecule has 0 atom stereocenters. The molecule has 1 saturated heterocycles. The number of aromatic hydroxyl groups is 1. The highest BCUT2D eigenvalue weighted by Gasteiger charge is 2.40. The molecule has 0 aromatic heterocycles. The van der Waals surface area contributed by atoms with E-state index in [2.05, 4.69) is 0 Å². The van der Waals surface area contributed by atoms with Gasteiger partial charge in [-0.05, 0) is 36.0 Å². The highest BCUT2D eigenvalue weighted by Crippen LogP contribution is 2.42. The van der Waals surface area contributed by atoms with Gasteiger partial charge in [0.1, 0.15) is 5.75 Å². The Morgan fingerprint density at radius 2 is 1.72 bits per heavy atom. The van der Waals surface area contributed by atoms with Crippen molar-refractivity contribution in [2.24, 2.45) is 0 Å². The van der Waals surface area contributed by atoms with Gasteiger partial charge in [0.15, 0.2) is 5.17 Å². The van der Waals surface area contributed by atoms with E-state index in [-0.39, 0.29) is 15.8 Å². The fourth-order valence-corrected chi connectivity index (χ4v) is 3.21. The molecule has 8 heteroatoms. The Balaban J connectivity index is 2.03. The molecular formula is C17H11F3N2O2S. The van der Waals surface area contributed by atoms with Crippen LogP contribution >= 0.6 is 11.8 Å². The summed E-state index contributed by atoms with van der Waals surface area (Å²) in [4.78, 5) is 13.3. The smallest absolute Gasteiger partial charge is 0.418 e. The van der Waals surface area contributed by atoms with E-state index in [1.165, 1.54) is 24.3 Å². The highest BCUT2D eigenvalue weighted by atomic mass is 32.2. The number of para-hydroxylation sites is 2. The molecule has 0 bridgehead atoms. The number of phenols is 1. The normalized spacial score (nSPS) is 16.8. The van der Waals surface area contributed by atoms with Crippen molar-refractivity contribution < 1.29 is 23.1 Å². The molecule has 0 aliphatic carbocycles. The number of carbonyl (C=O) groups is 1. The second-order valence-corrected chi connectivity index (χ2v) is 6.16. The second kappa shape index (κ2) is 6.29. The molecule has 0 saturated carbocycles. The Kier molecular flexibility index (Phi) is 4.30. The summed E-state index contributed by atoms with van der Waals surface area (Å²) in [5.74, 6) is -0.806. The zero-order valence-electron chi connectivity index (χ0n) is 12.5. The number of rotatable bonds is 2. The predicted octanol–water partition coefficient (Wildman–Crippen LogP) is 4.47. The number of nitrogens with one attached hydrogen (secondary N) is 1. The van der Waals surface area contributed by atoms with E-state index in [4.69, 9.17) is 5.41 Å². The van der Waals surface area contributed by atoms with Crippen LogP contribution in [0.15, 0.2) is 53.4 Å². The molecule has 2 aromatic rings. The summed E-state index contributed by atoms with van der Waals surface area (Å²) in [5.41, 5.74) is -1.03. The van der Waals surface area contributed by atoms with Gasteiger partial charge in [-0.2, -0.15) is 13.2 Å². The molecule has 1 aliphatic rings. The van der Waals surface area contributed by atoms with E-state index in [1.54, 1.807) is 18.2 Å². The summed E-state index contributed by atoms with van der Waals surface area (Å²) in [6.07, 6.45) is -3.29. The summed E-state index contributed by atoms with van der Waals surface area (Å²) >= 11 is 0.742. The molecule has 3 rings (SSSR count). The largest absolute Gasteiger partial charge is 0.507 e. The number of benzene rings is 2. The number of nitrogens with zero attached hydrogens (tertiary/aromatic N) is 1. The molecular weight excluding hydrogens is 353 g/mol. The maximum Gasteiger partial charge on any atom is 0.418 e. The van der Waals surface area contributed by atoms with Gasteiger partial charge in [-0.1, -0.05) is 30.3 Å². The standard InChI is InChI=1S/C17H11F3N2O2S/c18-17(19,20)11-6-2-3-7-12(11)22-15(24)14(25-16(22)21)9-10-5-1-4-8-13(10)23/h1-9,21,23H/b14-9-,21-16?. The van der Waals surface area contributed by atoms with E-state index >= 15 is 0 Å². The number of hydrogen-bond acceptors (Lipinski definition) is 4. The summed E-state index contributed by atoms with van der Waals surface area (Å²) in [7, 11) is 0. The first-order valence-corrected chi connectivity index (χ1v) is 7.87. The minimum atomic E-state index is -4.65. The van der Waals surface area contributed by atoms with Crippen LogP contribution in [0.25, 0.3) is 6.08 Å². The molecule has 1 amide bonds. The molecule has 2 aromatic carbocycles. The number of phenolic OH excluding ortho intramolecular Hbond substituents is 1. The van der Waals surface area contributed by atoms with E-state index in [0.29, 0.717) is 5.56 Å². The molecule has 2 N–H and O–H groups in total. The third-order valence-corrected chi connectivity index (χ3v) is 4.39. The fraction of sp³-hybridized carbons (Fsp3) is 0.0588. The molecule has 0 spiro atoms. The quantitative estimate of drug-likeness (QED) is 0.773. The molecule has 1 fully saturated rings. The number of alkyl halides is 3. The minimum absolute atomic E-state index is 0.0588. The monoisotopic (exact) mass is 364 g/mol. The third kappa shape index (κ3) is 3.25. The first-order valence-electron chi connectivity index (χ1n) is 7.06. The van der Waals surface area contributed by atoms with Gasteiger partial charge in [0.25, 0.3) is 5.91 Å². The van der Waals surface area contributed by atoms with Gasteiger partial charge in [0, 0.05) is 5.56 Å². The maximum atomic E-state index is 13.2. The molecule has 4 nitrogen and oxygen atoms in total. The van der Waals surface area contributed by atoms with Crippen molar-refractivity contribution in [1.29, 1.82) is 5.41 Å². The Morgan fingerprint density at radius 3 is 2.40 bits per heavy atom. The molecule has 25 heavy (non-hydrogen) atoms. The van der Waals surface area contributed by atoms with Crippen LogP contribution in [0.5, 0.6) is 5.75 Å². The zero-order valence-corrected chi connectivity index (χ0v) is 13.4. The SMILES string of the molecule is N=C1S/C(=C\c2ccccc2O)C(=O)N1c1ccccc1C(F)(F)F. The van der Waals surface area contributed by atoms with Crippen LogP contribution in [0.4, 0.5) is 18.9 Å². The third-order valence-electron chi connectivity index (χ3n) is 3.50. The Bertz CT molecular complexity index is 893. The lowest BCUT2D eigenvalue weighted by molar-refractivity contribution is -0.137. The number of amides is 1. The van der Waals surface area contributed by atoms with Crippen molar-refractivity contribution in [2.45, 2.75) is 6.18 Å².